The SMILES string of the molecule is CC(C)(C)SN[C@H]1CC[C@H](CNc2ccc(N3CCCC3=O)cc2)CC1. The number of anilines is 2. The summed E-state index contributed by atoms with van der Waals surface area (Å²) >= 11 is 1.87. The van der Waals surface area contributed by atoms with Crippen molar-refractivity contribution in [2.45, 2.75) is 70.1 Å². The summed E-state index contributed by atoms with van der Waals surface area (Å²) in [5.41, 5.74) is 2.19. The fourth-order valence-electron chi connectivity index (χ4n) is 3.69. The van der Waals surface area contributed by atoms with Crippen molar-refractivity contribution >= 4 is 29.2 Å². The Balaban J connectivity index is 1.39. The molecule has 1 saturated heterocycles. The summed E-state index contributed by atoms with van der Waals surface area (Å²) in [5.74, 6) is 1.01. The van der Waals surface area contributed by atoms with E-state index in [1.807, 2.05) is 16.8 Å². The molecule has 2 aliphatic rings. The van der Waals surface area contributed by atoms with Gasteiger partial charge in [0.05, 0.1) is 0 Å². The van der Waals surface area contributed by atoms with Crippen LogP contribution in [0.2, 0.25) is 0 Å². The quantitative estimate of drug-likeness (QED) is 0.700. The first-order chi connectivity index (χ1) is 12.4. The number of carbonyl (C=O) groups is 1. The van der Waals surface area contributed by atoms with Gasteiger partial charge < -0.3 is 10.2 Å². The van der Waals surface area contributed by atoms with Crippen LogP contribution in [0.25, 0.3) is 0 Å². The maximum Gasteiger partial charge on any atom is 0.227 e. The van der Waals surface area contributed by atoms with Crippen molar-refractivity contribution in [2.24, 2.45) is 5.92 Å². The van der Waals surface area contributed by atoms with E-state index in [0.717, 1.165) is 36.8 Å². The van der Waals surface area contributed by atoms with Gasteiger partial charge in [-0.1, -0.05) is 11.9 Å². The van der Waals surface area contributed by atoms with Gasteiger partial charge in [-0.05, 0) is 83.1 Å². The summed E-state index contributed by atoms with van der Waals surface area (Å²) < 4.78 is 3.94. The molecule has 4 nitrogen and oxygen atoms in total. The zero-order chi connectivity index (χ0) is 18.6. The molecule has 0 aromatic heterocycles. The maximum absolute atomic E-state index is 11.8. The normalized spacial score (nSPS) is 24.1. The molecule has 1 aliphatic carbocycles. The molecule has 0 atom stereocenters. The predicted octanol–water partition coefficient (Wildman–Crippen LogP) is 4.82. The average molecular weight is 376 g/mol. The lowest BCUT2D eigenvalue weighted by atomic mass is 9.86. The number of amides is 1. The van der Waals surface area contributed by atoms with Crippen LogP contribution in [0, 0.1) is 5.92 Å². The molecule has 26 heavy (non-hydrogen) atoms. The van der Waals surface area contributed by atoms with Crippen molar-refractivity contribution in [3.63, 3.8) is 0 Å². The van der Waals surface area contributed by atoms with Crippen molar-refractivity contribution in [3.05, 3.63) is 24.3 Å². The second kappa shape index (κ2) is 8.66. The van der Waals surface area contributed by atoms with Crippen molar-refractivity contribution in [1.82, 2.24) is 4.72 Å². The van der Waals surface area contributed by atoms with E-state index in [0.29, 0.717) is 12.5 Å². The average Bonchev–Trinajstić information content (AvgIpc) is 3.05. The van der Waals surface area contributed by atoms with Gasteiger partial charge in [0.1, 0.15) is 0 Å². The first-order valence-electron chi connectivity index (χ1n) is 9.98. The highest BCUT2D eigenvalue weighted by Gasteiger charge is 2.23. The molecule has 1 aromatic carbocycles. The summed E-state index contributed by atoms with van der Waals surface area (Å²) in [4.78, 5) is 13.7. The molecule has 1 saturated carbocycles. The summed E-state index contributed by atoms with van der Waals surface area (Å²) in [7, 11) is 0. The maximum atomic E-state index is 11.8. The van der Waals surface area contributed by atoms with E-state index in [-0.39, 0.29) is 10.7 Å². The third-order valence-electron chi connectivity index (χ3n) is 5.23. The van der Waals surface area contributed by atoms with Crippen LogP contribution in [-0.2, 0) is 4.79 Å². The van der Waals surface area contributed by atoms with Gasteiger partial charge in [0.15, 0.2) is 0 Å². The van der Waals surface area contributed by atoms with Crippen LogP contribution in [0.1, 0.15) is 59.3 Å². The van der Waals surface area contributed by atoms with E-state index in [2.05, 4.69) is 55.1 Å². The minimum absolute atomic E-state index is 0.251. The first-order valence-corrected chi connectivity index (χ1v) is 10.8. The molecule has 2 N–H and O–H groups in total. The summed E-state index contributed by atoms with van der Waals surface area (Å²) in [6, 6.07) is 9.00. The summed E-state index contributed by atoms with van der Waals surface area (Å²) in [6.45, 7) is 8.67. The van der Waals surface area contributed by atoms with Gasteiger partial charge in [-0.25, -0.2) is 0 Å². The van der Waals surface area contributed by atoms with E-state index in [4.69, 9.17) is 0 Å². The smallest absolute Gasteiger partial charge is 0.227 e. The summed E-state index contributed by atoms with van der Waals surface area (Å²) in [6.07, 6.45) is 6.78. The van der Waals surface area contributed by atoms with Gasteiger partial charge in [0.2, 0.25) is 5.91 Å². The Morgan fingerprint density at radius 3 is 2.38 bits per heavy atom. The van der Waals surface area contributed by atoms with Gasteiger partial charge in [-0.15, -0.1) is 0 Å². The van der Waals surface area contributed by atoms with Gasteiger partial charge in [-0.2, -0.15) is 0 Å². The molecule has 5 heteroatoms. The van der Waals surface area contributed by atoms with E-state index < -0.39 is 0 Å². The molecule has 1 aromatic rings. The standard InChI is InChI=1S/C21H33N3OS/c1-21(2,3)26-23-18-8-6-16(7-9-18)15-22-17-10-12-19(13-11-17)24-14-4-5-20(24)25/h10-13,16,18,22-23H,4-9,14-15H2,1-3H3/t16-,18-. The molecule has 0 unspecified atom stereocenters. The highest BCUT2D eigenvalue weighted by molar-refractivity contribution is 7.98. The van der Waals surface area contributed by atoms with Gasteiger partial charge >= 0.3 is 0 Å². The lowest BCUT2D eigenvalue weighted by molar-refractivity contribution is -0.117. The van der Waals surface area contributed by atoms with Crippen LogP contribution in [0.3, 0.4) is 0 Å². The first kappa shape index (κ1) is 19.6. The van der Waals surface area contributed by atoms with Crippen molar-refractivity contribution in [2.75, 3.05) is 23.3 Å². The second-order valence-electron chi connectivity index (χ2n) is 8.63. The molecule has 1 aliphatic heterocycles. The number of nitrogens with zero attached hydrogens (tertiary/aromatic N) is 1. The number of hydrogen-bond acceptors (Lipinski definition) is 4. The molecule has 1 amide bonds. The lowest BCUT2D eigenvalue weighted by Gasteiger charge is -2.31. The number of nitrogens with one attached hydrogen (secondary N) is 2. The third-order valence-corrected chi connectivity index (χ3v) is 6.29. The van der Waals surface area contributed by atoms with Crippen molar-refractivity contribution in [1.29, 1.82) is 0 Å². The Bertz CT molecular complexity index is 588. The third kappa shape index (κ3) is 5.65. The molecular formula is C21H33N3OS. The molecular weight excluding hydrogens is 342 g/mol. The zero-order valence-electron chi connectivity index (χ0n) is 16.4. The topological polar surface area (TPSA) is 44.4 Å². The predicted molar refractivity (Wildman–Crippen MR) is 113 cm³/mol. The minimum atomic E-state index is 0.251. The molecule has 1 heterocycles. The van der Waals surface area contributed by atoms with Gasteiger partial charge in [-0.3, -0.25) is 9.52 Å². The molecule has 0 spiro atoms. The largest absolute Gasteiger partial charge is 0.385 e. The van der Waals surface area contributed by atoms with Crippen molar-refractivity contribution < 1.29 is 4.79 Å². The molecule has 3 rings (SSSR count). The fourth-order valence-corrected chi connectivity index (χ4v) is 4.44. The highest BCUT2D eigenvalue weighted by atomic mass is 32.2. The number of carbonyl (C=O) groups excluding carboxylic acids is 1. The van der Waals surface area contributed by atoms with E-state index in [1.165, 1.54) is 25.7 Å². The molecule has 2 fully saturated rings. The van der Waals surface area contributed by atoms with E-state index in [1.54, 1.807) is 0 Å². The van der Waals surface area contributed by atoms with E-state index >= 15 is 0 Å². The van der Waals surface area contributed by atoms with Crippen LogP contribution in [-0.4, -0.2) is 29.8 Å². The summed E-state index contributed by atoms with van der Waals surface area (Å²) in [5, 5.41) is 3.59. The Morgan fingerprint density at radius 2 is 1.81 bits per heavy atom. The van der Waals surface area contributed by atoms with Gasteiger partial charge in [0, 0.05) is 41.7 Å². The van der Waals surface area contributed by atoms with Crippen LogP contribution >= 0.6 is 11.9 Å². The van der Waals surface area contributed by atoms with Crippen molar-refractivity contribution in [3.8, 4) is 0 Å². The Morgan fingerprint density at radius 1 is 1.12 bits per heavy atom. The highest BCUT2D eigenvalue weighted by Crippen LogP contribution is 2.29. The minimum Gasteiger partial charge on any atom is -0.385 e. The molecule has 0 radical (unpaired) electrons. The fraction of sp³-hybridized carbons (Fsp3) is 0.667. The van der Waals surface area contributed by atoms with E-state index in [9.17, 15) is 4.79 Å². The molecule has 144 valence electrons. The van der Waals surface area contributed by atoms with Gasteiger partial charge in [0.25, 0.3) is 0 Å². The van der Waals surface area contributed by atoms with Crippen LogP contribution in [0.4, 0.5) is 11.4 Å². The zero-order valence-corrected chi connectivity index (χ0v) is 17.2. The number of benzene rings is 1. The Hall–Kier alpha value is -1.20. The van der Waals surface area contributed by atoms with Crippen LogP contribution in [0.5, 0.6) is 0 Å². The van der Waals surface area contributed by atoms with Crippen LogP contribution in [0.15, 0.2) is 24.3 Å². The lowest BCUT2D eigenvalue weighted by Crippen LogP contribution is -2.33. The van der Waals surface area contributed by atoms with Crippen LogP contribution < -0.4 is 14.9 Å². The Kier molecular flexibility index (Phi) is 6.51. The Labute approximate surface area is 162 Å². The number of hydrogen-bond donors (Lipinski definition) is 2. The second-order valence-corrected chi connectivity index (χ2v) is 10.3. The molecule has 0 bridgehead atoms. The number of rotatable bonds is 6. The monoisotopic (exact) mass is 375 g/mol.